The van der Waals surface area contributed by atoms with Crippen LogP contribution in [0.5, 0.6) is 0 Å². The monoisotopic (exact) mass is 475 g/mol. The summed E-state index contributed by atoms with van der Waals surface area (Å²) in [6.07, 6.45) is 1.60. The molecule has 0 atom stereocenters. The molecule has 4 rings (SSSR count). The highest BCUT2D eigenvalue weighted by Gasteiger charge is 2.33. The van der Waals surface area contributed by atoms with Crippen molar-refractivity contribution in [3.63, 3.8) is 0 Å². The van der Waals surface area contributed by atoms with Crippen LogP contribution in [0.3, 0.4) is 0 Å². The van der Waals surface area contributed by atoms with Gasteiger partial charge in [0.25, 0.3) is 5.91 Å². The predicted octanol–water partition coefficient (Wildman–Crippen LogP) is 6.36. The molecule has 9 heteroatoms. The average Bonchev–Trinajstić information content (AvgIpc) is 3.28. The number of carbonyl (C=O) groups excluding carboxylic acids is 1. The summed E-state index contributed by atoms with van der Waals surface area (Å²) in [6.45, 7) is 0. The first-order valence-corrected chi connectivity index (χ1v) is 10.5. The Balaban J connectivity index is 1.61. The zero-order valence-electron chi connectivity index (χ0n) is 15.0. The molecule has 2 aromatic carbocycles. The third-order valence-electron chi connectivity index (χ3n) is 4.26. The second-order valence-corrected chi connectivity index (χ2v) is 8.71. The molecular weight excluding hydrogens is 465 g/mol. The summed E-state index contributed by atoms with van der Waals surface area (Å²) in [4.78, 5) is 26.0. The number of hydrogen-bond acceptors (Lipinski definition) is 5. The fraction of sp³-hybridized carbons (Fsp3) is 0. The van der Waals surface area contributed by atoms with Crippen LogP contribution in [0, 0.1) is 0 Å². The molecule has 0 spiro atoms. The maximum Gasteiger partial charge on any atom is 0.337 e. The molecular formula is C21H11Cl2NO4S2. The highest BCUT2D eigenvalue weighted by molar-refractivity contribution is 8.27. The van der Waals surface area contributed by atoms with Crippen molar-refractivity contribution in [3.8, 4) is 11.3 Å². The molecule has 1 aliphatic rings. The Kier molecular flexibility index (Phi) is 5.71. The molecule has 1 amide bonds. The van der Waals surface area contributed by atoms with E-state index in [0.717, 1.165) is 0 Å². The number of carboxylic acids is 1. The maximum atomic E-state index is 12.8. The molecule has 1 aliphatic heterocycles. The summed E-state index contributed by atoms with van der Waals surface area (Å²) in [5.74, 6) is -0.494. The van der Waals surface area contributed by atoms with Gasteiger partial charge in [-0.25, -0.2) is 4.79 Å². The third kappa shape index (κ3) is 4.02. The van der Waals surface area contributed by atoms with Gasteiger partial charge in [0.1, 0.15) is 11.5 Å². The summed E-state index contributed by atoms with van der Waals surface area (Å²) in [7, 11) is 0. The van der Waals surface area contributed by atoms with Gasteiger partial charge in [-0.05, 0) is 54.6 Å². The lowest BCUT2D eigenvalue weighted by Gasteiger charge is -2.14. The van der Waals surface area contributed by atoms with Gasteiger partial charge in [-0.1, -0.05) is 47.2 Å². The minimum Gasteiger partial charge on any atom is -0.478 e. The van der Waals surface area contributed by atoms with Crippen molar-refractivity contribution in [1.82, 2.24) is 0 Å². The largest absolute Gasteiger partial charge is 0.478 e. The minimum absolute atomic E-state index is 0.0176. The molecule has 0 saturated carbocycles. The zero-order valence-corrected chi connectivity index (χ0v) is 18.1. The zero-order chi connectivity index (χ0) is 21.4. The highest BCUT2D eigenvalue weighted by atomic mass is 35.5. The Hall–Kier alpha value is -2.58. The van der Waals surface area contributed by atoms with Crippen LogP contribution in [0.25, 0.3) is 17.4 Å². The van der Waals surface area contributed by atoms with Crippen LogP contribution in [0.15, 0.2) is 63.9 Å². The number of carboxylic acid groups (broad SMARTS) is 1. The van der Waals surface area contributed by atoms with Crippen molar-refractivity contribution < 1.29 is 19.1 Å². The summed E-state index contributed by atoms with van der Waals surface area (Å²) in [5, 5.41) is 9.94. The number of aromatic carboxylic acids is 1. The van der Waals surface area contributed by atoms with Crippen molar-refractivity contribution in [3.05, 3.63) is 80.9 Å². The van der Waals surface area contributed by atoms with Gasteiger partial charge in [0.15, 0.2) is 4.32 Å². The van der Waals surface area contributed by atoms with Gasteiger partial charge in [-0.3, -0.25) is 9.69 Å². The van der Waals surface area contributed by atoms with Gasteiger partial charge in [0, 0.05) is 16.7 Å². The smallest absolute Gasteiger partial charge is 0.337 e. The molecule has 0 bridgehead atoms. The third-order valence-corrected chi connectivity index (χ3v) is 6.14. The molecule has 30 heavy (non-hydrogen) atoms. The first kappa shape index (κ1) is 20.7. The minimum atomic E-state index is -1.13. The molecule has 150 valence electrons. The molecule has 5 nitrogen and oxygen atoms in total. The highest BCUT2D eigenvalue weighted by Crippen LogP contribution is 2.37. The van der Waals surface area contributed by atoms with Crippen molar-refractivity contribution >= 4 is 75.1 Å². The molecule has 1 aromatic heterocycles. The van der Waals surface area contributed by atoms with E-state index in [1.165, 1.54) is 28.8 Å². The van der Waals surface area contributed by atoms with E-state index in [0.29, 0.717) is 37.0 Å². The van der Waals surface area contributed by atoms with Crippen molar-refractivity contribution in [2.24, 2.45) is 0 Å². The summed E-state index contributed by atoms with van der Waals surface area (Å²) >= 11 is 18.3. The molecule has 0 unspecified atom stereocenters. The first-order valence-electron chi connectivity index (χ1n) is 8.50. The second-order valence-electron chi connectivity index (χ2n) is 6.20. The van der Waals surface area contributed by atoms with Gasteiger partial charge in [0.2, 0.25) is 0 Å². The van der Waals surface area contributed by atoms with E-state index in [-0.39, 0.29) is 16.5 Å². The van der Waals surface area contributed by atoms with E-state index in [9.17, 15) is 14.7 Å². The normalized spacial score (nSPS) is 15.3. The Morgan fingerprint density at radius 1 is 1.10 bits per heavy atom. The standard InChI is InChI=1S/C21H11Cl2NO4S2/c22-12-2-4-13(5-3-12)24-19(25)18(30-21(24)29)10-14-6-8-17(28-14)11-1-7-16(23)15(9-11)20(26)27/h1-10H,(H,26,27)/b18-10-. The van der Waals surface area contributed by atoms with E-state index in [4.69, 9.17) is 39.8 Å². The average molecular weight is 476 g/mol. The fourth-order valence-corrected chi connectivity index (χ4v) is 4.44. The van der Waals surface area contributed by atoms with Crippen LogP contribution in [0.2, 0.25) is 10.0 Å². The van der Waals surface area contributed by atoms with Crippen LogP contribution in [0.4, 0.5) is 5.69 Å². The SMILES string of the molecule is O=C(O)c1cc(-c2ccc(/C=C3\SC(=S)N(c4ccc(Cl)cc4)C3=O)o2)ccc1Cl. The molecule has 1 N–H and O–H groups in total. The number of thiocarbonyl (C=S) groups is 1. The number of thioether (sulfide) groups is 1. The topological polar surface area (TPSA) is 70.8 Å². The molecule has 0 radical (unpaired) electrons. The Labute approximate surface area is 190 Å². The van der Waals surface area contributed by atoms with Gasteiger partial charge in [-0.2, -0.15) is 0 Å². The van der Waals surface area contributed by atoms with E-state index in [1.807, 2.05) is 0 Å². The summed E-state index contributed by atoms with van der Waals surface area (Å²) < 4.78 is 6.20. The number of carbonyl (C=O) groups is 2. The van der Waals surface area contributed by atoms with E-state index in [2.05, 4.69) is 0 Å². The van der Waals surface area contributed by atoms with Gasteiger partial charge in [-0.15, -0.1) is 0 Å². The van der Waals surface area contributed by atoms with Crippen LogP contribution in [0.1, 0.15) is 16.1 Å². The molecule has 1 saturated heterocycles. The van der Waals surface area contributed by atoms with Gasteiger partial charge < -0.3 is 9.52 Å². The van der Waals surface area contributed by atoms with Gasteiger partial charge in [0.05, 0.1) is 21.2 Å². The predicted molar refractivity (Wildman–Crippen MR) is 123 cm³/mol. The number of hydrogen-bond donors (Lipinski definition) is 1. The van der Waals surface area contributed by atoms with E-state index >= 15 is 0 Å². The number of nitrogens with zero attached hydrogens (tertiary/aromatic N) is 1. The number of benzene rings is 2. The fourth-order valence-electron chi connectivity index (χ4n) is 2.84. The number of rotatable bonds is 4. The van der Waals surface area contributed by atoms with Gasteiger partial charge >= 0.3 is 5.97 Å². The lowest BCUT2D eigenvalue weighted by atomic mass is 10.1. The lowest BCUT2D eigenvalue weighted by molar-refractivity contribution is -0.113. The van der Waals surface area contributed by atoms with E-state index in [1.54, 1.807) is 48.5 Å². The van der Waals surface area contributed by atoms with Crippen LogP contribution in [-0.4, -0.2) is 21.3 Å². The Morgan fingerprint density at radius 3 is 2.53 bits per heavy atom. The number of furan rings is 1. The summed E-state index contributed by atoms with van der Waals surface area (Å²) in [5.41, 5.74) is 1.17. The second kappa shape index (κ2) is 8.28. The Bertz CT molecular complexity index is 1220. The molecule has 1 fully saturated rings. The lowest BCUT2D eigenvalue weighted by Crippen LogP contribution is -2.27. The van der Waals surface area contributed by atoms with Crippen LogP contribution in [-0.2, 0) is 4.79 Å². The van der Waals surface area contributed by atoms with Crippen molar-refractivity contribution in [2.45, 2.75) is 0 Å². The summed E-state index contributed by atoms with van der Waals surface area (Å²) in [6, 6.07) is 14.8. The molecule has 0 aliphatic carbocycles. The molecule has 2 heterocycles. The molecule has 3 aromatic rings. The maximum absolute atomic E-state index is 12.8. The Morgan fingerprint density at radius 2 is 1.83 bits per heavy atom. The van der Waals surface area contributed by atoms with Crippen LogP contribution >= 0.6 is 47.2 Å². The first-order chi connectivity index (χ1) is 14.3. The van der Waals surface area contributed by atoms with Crippen molar-refractivity contribution in [1.29, 1.82) is 0 Å². The quantitative estimate of drug-likeness (QED) is 0.349. The van der Waals surface area contributed by atoms with Crippen LogP contribution < -0.4 is 4.90 Å². The van der Waals surface area contributed by atoms with Crippen molar-refractivity contribution in [2.75, 3.05) is 4.90 Å². The number of anilines is 1. The number of amides is 1. The van der Waals surface area contributed by atoms with E-state index < -0.39 is 5.97 Å². The number of halogens is 2.